The number of methoxy groups -OCH3 is 1. The Morgan fingerprint density at radius 2 is 2.24 bits per heavy atom. The first-order chi connectivity index (χ1) is 8.18. The van der Waals surface area contributed by atoms with Crippen molar-refractivity contribution >= 4 is 0 Å². The van der Waals surface area contributed by atoms with Crippen LogP contribution in [0.2, 0.25) is 0 Å². The molecule has 1 unspecified atom stereocenters. The fourth-order valence-corrected chi connectivity index (χ4v) is 2.52. The second-order valence-electron chi connectivity index (χ2n) is 4.99. The highest BCUT2D eigenvalue weighted by Gasteiger charge is 2.46. The van der Waals surface area contributed by atoms with Gasteiger partial charge >= 0.3 is 0 Å². The first-order valence-corrected chi connectivity index (χ1v) is 5.98. The van der Waals surface area contributed by atoms with E-state index in [4.69, 9.17) is 9.47 Å². The molecule has 1 aromatic carbocycles. The van der Waals surface area contributed by atoms with E-state index >= 15 is 0 Å². The van der Waals surface area contributed by atoms with Crippen LogP contribution in [-0.4, -0.2) is 13.2 Å². The van der Waals surface area contributed by atoms with Crippen molar-refractivity contribution in [2.75, 3.05) is 7.11 Å². The van der Waals surface area contributed by atoms with Gasteiger partial charge in [-0.25, -0.2) is 0 Å². The van der Waals surface area contributed by atoms with Gasteiger partial charge < -0.3 is 9.47 Å². The van der Waals surface area contributed by atoms with Gasteiger partial charge in [0, 0.05) is 12.0 Å². The van der Waals surface area contributed by atoms with Crippen LogP contribution in [0.1, 0.15) is 30.9 Å². The van der Waals surface area contributed by atoms with Gasteiger partial charge in [0.2, 0.25) is 0 Å². The fourth-order valence-electron chi connectivity index (χ4n) is 2.52. The topological polar surface area (TPSA) is 42.2 Å². The lowest BCUT2D eigenvalue weighted by atomic mass is 9.94. The van der Waals surface area contributed by atoms with Crippen molar-refractivity contribution < 1.29 is 9.47 Å². The minimum Gasteiger partial charge on any atom is -0.493 e. The minimum absolute atomic E-state index is 0.200. The summed E-state index contributed by atoms with van der Waals surface area (Å²) in [5, 5.41) is 9.25. The molecule has 1 heterocycles. The van der Waals surface area contributed by atoms with E-state index in [1.165, 1.54) is 5.56 Å². The monoisotopic (exact) mass is 229 g/mol. The minimum atomic E-state index is -0.256. The largest absolute Gasteiger partial charge is 0.493 e. The Labute approximate surface area is 101 Å². The van der Waals surface area contributed by atoms with Crippen molar-refractivity contribution in [3.63, 3.8) is 0 Å². The highest BCUT2D eigenvalue weighted by Crippen LogP contribution is 2.51. The zero-order valence-electron chi connectivity index (χ0n) is 10.1. The van der Waals surface area contributed by atoms with Crippen molar-refractivity contribution in [3.05, 3.63) is 23.3 Å². The van der Waals surface area contributed by atoms with E-state index in [0.717, 1.165) is 36.3 Å². The maximum Gasteiger partial charge on any atom is 0.164 e. The Kier molecular flexibility index (Phi) is 2.09. The van der Waals surface area contributed by atoms with Gasteiger partial charge in [0.05, 0.1) is 18.6 Å². The fraction of sp³-hybridized carbons (Fsp3) is 0.500. The molecule has 0 radical (unpaired) electrons. The normalized spacial score (nSPS) is 23.5. The van der Waals surface area contributed by atoms with Crippen LogP contribution in [0.15, 0.2) is 12.1 Å². The Morgan fingerprint density at radius 1 is 1.47 bits per heavy atom. The van der Waals surface area contributed by atoms with Gasteiger partial charge in [0.1, 0.15) is 6.10 Å². The number of nitriles is 1. The molecule has 1 saturated carbocycles. The Bertz CT molecular complexity index is 512. The SMILES string of the molecule is COc1cc(C2(C#N)CC2)cc2c1OC(C)C2. The third-order valence-corrected chi connectivity index (χ3v) is 3.69. The van der Waals surface area contributed by atoms with E-state index in [1.54, 1.807) is 7.11 Å². The van der Waals surface area contributed by atoms with Gasteiger partial charge in [0.25, 0.3) is 0 Å². The molecular formula is C14H15NO2. The predicted molar refractivity (Wildman–Crippen MR) is 63.3 cm³/mol. The molecule has 0 saturated heterocycles. The Balaban J connectivity index is 2.10. The molecule has 88 valence electrons. The second-order valence-corrected chi connectivity index (χ2v) is 4.99. The molecule has 1 fully saturated rings. The summed E-state index contributed by atoms with van der Waals surface area (Å²) in [7, 11) is 1.65. The summed E-state index contributed by atoms with van der Waals surface area (Å²) in [6.45, 7) is 2.05. The zero-order chi connectivity index (χ0) is 12.0. The molecule has 1 aromatic rings. The molecule has 0 amide bonds. The zero-order valence-corrected chi connectivity index (χ0v) is 10.1. The predicted octanol–water partition coefficient (Wildman–Crippen LogP) is 2.57. The number of hydrogen-bond acceptors (Lipinski definition) is 3. The standard InChI is InChI=1S/C14H15NO2/c1-9-5-10-6-11(14(8-15)3-4-14)7-12(16-2)13(10)17-9/h6-7,9H,3-5H2,1-2H3. The van der Waals surface area contributed by atoms with Gasteiger partial charge in [-0.2, -0.15) is 5.26 Å². The molecule has 1 aliphatic carbocycles. The van der Waals surface area contributed by atoms with Crippen molar-refractivity contribution in [1.29, 1.82) is 5.26 Å². The van der Waals surface area contributed by atoms with Gasteiger partial charge in [-0.15, -0.1) is 0 Å². The Hall–Kier alpha value is -1.69. The average molecular weight is 229 g/mol. The quantitative estimate of drug-likeness (QED) is 0.782. The van der Waals surface area contributed by atoms with Gasteiger partial charge in [-0.05, 0) is 31.4 Å². The summed E-state index contributed by atoms with van der Waals surface area (Å²) < 4.78 is 11.1. The smallest absolute Gasteiger partial charge is 0.164 e. The molecule has 2 aliphatic rings. The summed E-state index contributed by atoms with van der Waals surface area (Å²) in [5.41, 5.74) is 2.01. The van der Waals surface area contributed by atoms with E-state index in [2.05, 4.69) is 19.1 Å². The van der Waals surface area contributed by atoms with E-state index in [9.17, 15) is 5.26 Å². The van der Waals surface area contributed by atoms with Crippen molar-refractivity contribution in [3.8, 4) is 17.6 Å². The van der Waals surface area contributed by atoms with Crippen LogP contribution in [-0.2, 0) is 11.8 Å². The lowest BCUT2D eigenvalue weighted by Gasteiger charge is -2.12. The molecule has 17 heavy (non-hydrogen) atoms. The average Bonchev–Trinajstić information content (AvgIpc) is 3.04. The summed E-state index contributed by atoms with van der Waals surface area (Å²) >= 11 is 0. The highest BCUT2D eigenvalue weighted by atomic mass is 16.5. The number of benzene rings is 1. The number of ether oxygens (including phenoxy) is 2. The van der Waals surface area contributed by atoms with Crippen molar-refractivity contribution in [1.82, 2.24) is 0 Å². The molecule has 0 N–H and O–H groups in total. The highest BCUT2D eigenvalue weighted by molar-refractivity contribution is 5.55. The summed E-state index contributed by atoms with van der Waals surface area (Å²) in [6, 6.07) is 6.51. The Morgan fingerprint density at radius 3 is 2.82 bits per heavy atom. The first-order valence-electron chi connectivity index (χ1n) is 5.98. The van der Waals surface area contributed by atoms with Crippen LogP contribution in [0.4, 0.5) is 0 Å². The molecule has 3 nitrogen and oxygen atoms in total. The second kappa shape index (κ2) is 3.40. The molecule has 0 bridgehead atoms. The number of rotatable bonds is 2. The maximum absolute atomic E-state index is 9.25. The van der Waals surface area contributed by atoms with Gasteiger partial charge in [0.15, 0.2) is 11.5 Å². The maximum atomic E-state index is 9.25. The van der Waals surface area contributed by atoms with E-state index in [1.807, 2.05) is 6.07 Å². The molecule has 3 heteroatoms. The number of nitrogens with zero attached hydrogens (tertiary/aromatic N) is 1. The van der Waals surface area contributed by atoms with E-state index in [-0.39, 0.29) is 11.5 Å². The third kappa shape index (κ3) is 1.48. The van der Waals surface area contributed by atoms with Gasteiger partial charge in [-0.1, -0.05) is 6.07 Å². The lowest BCUT2D eigenvalue weighted by Crippen LogP contribution is -2.05. The third-order valence-electron chi connectivity index (χ3n) is 3.69. The molecule has 3 rings (SSSR count). The molecule has 0 aromatic heterocycles. The van der Waals surface area contributed by atoms with Crippen LogP contribution < -0.4 is 9.47 Å². The van der Waals surface area contributed by atoms with Crippen LogP contribution in [0.3, 0.4) is 0 Å². The van der Waals surface area contributed by atoms with E-state index < -0.39 is 0 Å². The molecule has 1 aliphatic heterocycles. The van der Waals surface area contributed by atoms with Crippen molar-refractivity contribution in [2.45, 2.75) is 37.7 Å². The van der Waals surface area contributed by atoms with Crippen LogP contribution in [0.25, 0.3) is 0 Å². The van der Waals surface area contributed by atoms with E-state index in [0.29, 0.717) is 0 Å². The summed E-state index contributed by atoms with van der Waals surface area (Å²) in [4.78, 5) is 0. The van der Waals surface area contributed by atoms with Crippen LogP contribution in [0, 0.1) is 11.3 Å². The summed E-state index contributed by atoms with van der Waals surface area (Å²) in [6.07, 6.45) is 3.02. The molecule has 1 atom stereocenters. The number of hydrogen-bond donors (Lipinski definition) is 0. The first kappa shape index (κ1) is 10.5. The molecule has 0 spiro atoms. The summed E-state index contributed by atoms with van der Waals surface area (Å²) in [5.74, 6) is 1.63. The number of fused-ring (bicyclic) bond motifs is 1. The van der Waals surface area contributed by atoms with Crippen LogP contribution in [0.5, 0.6) is 11.5 Å². The lowest BCUT2D eigenvalue weighted by molar-refractivity contribution is 0.243. The van der Waals surface area contributed by atoms with Crippen LogP contribution >= 0.6 is 0 Å². The van der Waals surface area contributed by atoms with Gasteiger partial charge in [-0.3, -0.25) is 0 Å². The molecular weight excluding hydrogens is 214 g/mol. The van der Waals surface area contributed by atoms with Crippen molar-refractivity contribution in [2.24, 2.45) is 0 Å².